The summed E-state index contributed by atoms with van der Waals surface area (Å²) in [5, 5.41) is 4.88. The van der Waals surface area contributed by atoms with Crippen LogP contribution in [-0.4, -0.2) is 0 Å². The van der Waals surface area contributed by atoms with Gasteiger partial charge in [0.05, 0.1) is 16.8 Å². The number of rotatable bonds is 2. The highest BCUT2D eigenvalue weighted by atomic mass is 35.5. The predicted molar refractivity (Wildman–Crippen MR) is 82.2 cm³/mol. The molecule has 19 heavy (non-hydrogen) atoms. The molecule has 1 aliphatic rings. The molecule has 1 atom stereocenters. The maximum atomic E-state index is 6.23. The Hall–Kier alpha value is -1.18. The van der Waals surface area contributed by atoms with Crippen LogP contribution in [0.5, 0.6) is 0 Å². The van der Waals surface area contributed by atoms with Crippen molar-refractivity contribution in [3.63, 3.8) is 0 Å². The van der Waals surface area contributed by atoms with Crippen LogP contribution in [0, 0.1) is 0 Å². The van der Waals surface area contributed by atoms with Gasteiger partial charge in [-0.1, -0.05) is 47.5 Å². The Morgan fingerprint density at radius 3 is 2.74 bits per heavy atom. The lowest BCUT2D eigenvalue weighted by atomic mass is 9.87. The fourth-order valence-electron chi connectivity index (χ4n) is 2.70. The van der Waals surface area contributed by atoms with E-state index in [4.69, 9.17) is 23.2 Å². The van der Waals surface area contributed by atoms with E-state index in [2.05, 4.69) is 29.6 Å². The van der Waals surface area contributed by atoms with Crippen molar-refractivity contribution in [1.29, 1.82) is 0 Å². The molecule has 0 fully saturated rings. The SMILES string of the molecule is Clc1ccc(NC2CCCc3ccccc32)c(Cl)c1. The molecule has 3 heteroatoms. The highest BCUT2D eigenvalue weighted by molar-refractivity contribution is 6.36. The third kappa shape index (κ3) is 2.72. The molecular weight excluding hydrogens is 277 g/mol. The van der Waals surface area contributed by atoms with Crippen LogP contribution < -0.4 is 5.32 Å². The Labute approximate surface area is 123 Å². The maximum absolute atomic E-state index is 6.23. The summed E-state index contributed by atoms with van der Waals surface area (Å²) in [5.41, 5.74) is 3.78. The minimum absolute atomic E-state index is 0.337. The van der Waals surface area contributed by atoms with E-state index in [0.29, 0.717) is 16.1 Å². The Bertz CT molecular complexity index is 595. The molecule has 0 spiro atoms. The van der Waals surface area contributed by atoms with Crippen LogP contribution >= 0.6 is 23.2 Å². The first-order valence-corrected chi connectivity index (χ1v) is 7.29. The van der Waals surface area contributed by atoms with Crippen LogP contribution in [0.3, 0.4) is 0 Å². The number of benzene rings is 2. The number of fused-ring (bicyclic) bond motifs is 1. The highest BCUT2D eigenvalue weighted by Gasteiger charge is 2.20. The molecule has 0 bridgehead atoms. The second-order valence-electron chi connectivity index (χ2n) is 4.91. The molecule has 2 aromatic rings. The van der Waals surface area contributed by atoms with Gasteiger partial charge in [0.15, 0.2) is 0 Å². The molecule has 3 rings (SSSR count). The summed E-state index contributed by atoms with van der Waals surface area (Å²) < 4.78 is 0. The van der Waals surface area contributed by atoms with E-state index in [1.165, 1.54) is 24.0 Å². The number of nitrogens with one attached hydrogen (secondary N) is 1. The lowest BCUT2D eigenvalue weighted by Crippen LogP contribution is -2.17. The minimum atomic E-state index is 0.337. The molecule has 1 N–H and O–H groups in total. The normalized spacial score (nSPS) is 17.9. The van der Waals surface area contributed by atoms with Gasteiger partial charge in [-0.2, -0.15) is 0 Å². The summed E-state index contributed by atoms with van der Waals surface area (Å²) in [6.45, 7) is 0. The molecule has 0 saturated carbocycles. The van der Waals surface area contributed by atoms with Crippen LogP contribution in [0.25, 0.3) is 0 Å². The van der Waals surface area contributed by atoms with Gasteiger partial charge in [0, 0.05) is 5.02 Å². The molecule has 0 amide bonds. The largest absolute Gasteiger partial charge is 0.377 e. The summed E-state index contributed by atoms with van der Waals surface area (Å²) in [4.78, 5) is 0. The van der Waals surface area contributed by atoms with Gasteiger partial charge >= 0.3 is 0 Å². The van der Waals surface area contributed by atoms with Crippen LogP contribution in [0.4, 0.5) is 5.69 Å². The Balaban J connectivity index is 1.88. The molecule has 1 nitrogen and oxygen atoms in total. The zero-order valence-corrected chi connectivity index (χ0v) is 12.0. The van der Waals surface area contributed by atoms with Gasteiger partial charge in [-0.05, 0) is 48.6 Å². The average molecular weight is 292 g/mol. The second kappa shape index (κ2) is 5.44. The summed E-state index contributed by atoms with van der Waals surface area (Å²) in [6.07, 6.45) is 3.51. The lowest BCUT2D eigenvalue weighted by molar-refractivity contribution is 0.600. The summed E-state index contributed by atoms with van der Waals surface area (Å²) >= 11 is 12.2. The van der Waals surface area contributed by atoms with Crippen molar-refractivity contribution in [1.82, 2.24) is 0 Å². The number of aryl methyl sites for hydroxylation is 1. The summed E-state index contributed by atoms with van der Waals surface area (Å²) in [5.74, 6) is 0. The van der Waals surface area contributed by atoms with Crippen LogP contribution in [0.2, 0.25) is 10.0 Å². The summed E-state index contributed by atoms with van der Waals surface area (Å²) in [7, 11) is 0. The van der Waals surface area contributed by atoms with Crippen LogP contribution in [0.15, 0.2) is 42.5 Å². The summed E-state index contributed by atoms with van der Waals surface area (Å²) in [6, 6.07) is 14.6. The predicted octanol–water partition coefficient (Wildman–Crippen LogP) is 5.48. The van der Waals surface area contributed by atoms with Crippen molar-refractivity contribution < 1.29 is 0 Å². The first-order valence-electron chi connectivity index (χ1n) is 6.53. The van der Waals surface area contributed by atoms with Crippen molar-refractivity contribution >= 4 is 28.9 Å². The number of hydrogen-bond donors (Lipinski definition) is 1. The van der Waals surface area contributed by atoms with E-state index in [0.717, 1.165) is 12.1 Å². The molecule has 0 radical (unpaired) electrons. The third-order valence-electron chi connectivity index (χ3n) is 3.63. The van der Waals surface area contributed by atoms with E-state index in [1.54, 1.807) is 6.07 Å². The standard InChI is InChI=1S/C16H15Cl2N/c17-12-8-9-16(14(18)10-12)19-15-7-3-5-11-4-1-2-6-13(11)15/h1-2,4,6,8-10,15,19H,3,5,7H2. The van der Waals surface area contributed by atoms with E-state index >= 15 is 0 Å². The highest BCUT2D eigenvalue weighted by Crippen LogP contribution is 2.35. The molecule has 0 saturated heterocycles. The molecular formula is C16H15Cl2N. The number of hydrogen-bond acceptors (Lipinski definition) is 1. The van der Waals surface area contributed by atoms with E-state index < -0.39 is 0 Å². The first-order chi connectivity index (χ1) is 9.24. The van der Waals surface area contributed by atoms with Gasteiger partial charge in [-0.15, -0.1) is 0 Å². The molecule has 1 aliphatic carbocycles. The van der Waals surface area contributed by atoms with Gasteiger partial charge in [-0.3, -0.25) is 0 Å². The smallest absolute Gasteiger partial charge is 0.0652 e. The van der Waals surface area contributed by atoms with Gasteiger partial charge in [-0.25, -0.2) is 0 Å². The molecule has 1 unspecified atom stereocenters. The van der Waals surface area contributed by atoms with Gasteiger partial charge in [0.25, 0.3) is 0 Å². The molecule has 0 aliphatic heterocycles. The van der Waals surface area contributed by atoms with Crippen LogP contribution in [0.1, 0.15) is 30.0 Å². The fourth-order valence-corrected chi connectivity index (χ4v) is 3.16. The van der Waals surface area contributed by atoms with Crippen molar-refractivity contribution in [2.24, 2.45) is 0 Å². The van der Waals surface area contributed by atoms with Gasteiger partial charge < -0.3 is 5.32 Å². The lowest BCUT2D eigenvalue weighted by Gasteiger charge is -2.27. The van der Waals surface area contributed by atoms with Crippen molar-refractivity contribution in [2.75, 3.05) is 5.32 Å². The maximum Gasteiger partial charge on any atom is 0.0652 e. The Morgan fingerprint density at radius 2 is 1.89 bits per heavy atom. The molecule has 0 heterocycles. The van der Waals surface area contributed by atoms with E-state index in [9.17, 15) is 0 Å². The topological polar surface area (TPSA) is 12.0 Å². The zero-order valence-electron chi connectivity index (χ0n) is 10.5. The van der Waals surface area contributed by atoms with E-state index in [1.807, 2.05) is 12.1 Å². The first kappa shape index (κ1) is 12.8. The zero-order chi connectivity index (χ0) is 13.2. The quantitative estimate of drug-likeness (QED) is 0.772. The van der Waals surface area contributed by atoms with E-state index in [-0.39, 0.29) is 0 Å². The molecule has 2 aromatic carbocycles. The Kier molecular flexibility index (Phi) is 3.67. The Morgan fingerprint density at radius 1 is 1.05 bits per heavy atom. The number of anilines is 1. The minimum Gasteiger partial charge on any atom is -0.377 e. The molecule has 0 aromatic heterocycles. The number of halogens is 2. The third-order valence-corrected chi connectivity index (χ3v) is 4.18. The second-order valence-corrected chi connectivity index (χ2v) is 5.76. The van der Waals surface area contributed by atoms with Crippen molar-refractivity contribution in [3.8, 4) is 0 Å². The fraction of sp³-hybridized carbons (Fsp3) is 0.250. The van der Waals surface area contributed by atoms with Crippen molar-refractivity contribution in [2.45, 2.75) is 25.3 Å². The van der Waals surface area contributed by atoms with Gasteiger partial charge in [0.2, 0.25) is 0 Å². The molecule has 98 valence electrons. The van der Waals surface area contributed by atoms with Crippen LogP contribution in [-0.2, 0) is 6.42 Å². The van der Waals surface area contributed by atoms with Crippen molar-refractivity contribution in [3.05, 3.63) is 63.6 Å². The monoisotopic (exact) mass is 291 g/mol. The van der Waals surface area contributed by atoms with Gasteiger partial charge in [0.1, 0.15) is 0 Å². The average Bonchev–Trinajstić information content (AvgIpc) is 2.42.